The SMILES string of the molecule is COc1cnc2cccc([C@@H](O)CN3CC4[C@@H](C3)[C@@H]4NCC3=CC4=CNSN4C=C3)c2n1. The number of nitrogens with zero attached hydrogens (tertiary/aromatic N) is 4. The lowest BCUT2D eigenvalue weighted by Gasteiger charge is -2.24. The second kappa shape index (κ2) is 8.08. The molecule has 166 valence electrons. The van der Waals surface area contributed by atoms with Gasteiger partial charge < -0.3 is 19.9 Å². The van der Waals surface area contributed by atoms with Gasteiger partial charge in [-0.15, -0.1) is 0 Å². The minimum atomic E-state index is -0.601. The number of hydrogen-bond acceptors (Lipinski definition) is 9. The number of β-amino-alcohol motifs (C(OH)–C–C–N with tert-alkyl or cyclic N) is 1. The summed E-state index contributed by atoms with van der Waals surface area (Å²) >= 11 is 1.58. The summed E-state index contributed by atoms with van der Waals surface area (Å²) in [6, 6.07) is 6.34. The Morgan fingerprint density at radius 2 is 2.22 bits per heavy atom. The molecule has 1 unspecified atom stereocenters. The summed E-state index contributed by atoms with van der Waals surface area (Å²) in [6.45, 7) is 3.55. The van der Waals surface area contributed by atoms with Crippen molar-refractivity contribution in [2.24, 2.45) is 11.8 Å². The Morgan fingerprint density at radius 1 is 1.34 bits per heavy atom. The van der Waals surface area contributed by atoms with Crippen molar-refractivity contribution >= 4 is 23.2 Å². The Kier molecular flexibility index (Phi) is 5.06. The van der Waals surface area contributed by atoms with E-state index >= 15 is 0 Å². The summed E-state index contributed by atoms with van der Waals surface area (Å²) in [5.41, 5.74) is 4.79. The third kappa shape index (κ3) is 3.65. The maximum absolute atomic E-state index is 11.0. The van der Waals surface area contributed by atoms with Crippen molar-refractivity contribution in [2.75, 3.05) is 33.3 Å². The van der Waals surface area contributed by atoms with E-state index in [4.69, 9.17) is 4.74 Å². The first-order valence-electron chi connectivity index (χ1n) is 10.9. The Bertz CT molecular complexity index is 1120. The molecule has 4 aliphatic rings. The van der Waals surface area contributed by atoms with Gasteiger partial charge in [-0.25, -0.2) is 9.97 Å². The number of likely N-dealkylation sites (tertiary alicyclic amines) is 1. The minimum Gasteiger partial charge on any atom is -0.480 e. The van der Waals surface area contributed by atoms with Crippen LogP contribution in [0.5, 0.6) is 5.88 Å². The number of para-hydroxylation sites is 1. The molecule has 6 rings (SSSR count). The first kappa shape index (κ1) is 20.0. The summed E-state index contributed by atoms with van der Waals surface area (Å²) in [5, 5.41) is 14.7. The molecule has 4 heterocycles. The Balaban J connectivity index is 1.04. The van der Waals surface area contributed by atoms with Crippen LogP contribution < -0.4 is 14.8 Å². The molecular formula is C23H26N6O2S. The maximum atomic E-state index is 11.0. The molecule has 2 fully saturated rings. The highest BCUT2D eigenvalue weighted by Gasteiger charge is 2.55. The number of nitrogens with one attached hydrogen (secondary N) is 2. The van der Waals surface area contributed by atoms with Crippen LogP contribution in [-0.2, 0) is 0 Å². The lowest BCUT2D eigenvalue weighted by atomic mass is 10.1. The number of methoxy groups -OCH3 is 1. The predicted octanol–water partition coefficient (Wildman–Crippen LogP) is 1.96. The Hall–Kier alpha value is -2.59. The molecule has 32 heavy (non-hydrogen) atoms. The number of aliphatic hydroxyl groups excluding tert-OH is 1. The van der Waals surface area contributed by atoms with Gasteiger partial charge in [-0.1, -0.05) is 12.1 Å². The topological polar surface area (TPSA) is 85.8 Å². The fourth-order valence-electron chi connectivity index (χ4n) is 5.04. The van der Waals surface area contributed by atoms with Gasteiger partial charge in [0, 0.05) is 50.2 Å². The smallest absolute Gasteiger partial charge is 0.232 e. The number of aromatic nitrogens is 2. The third-order valence-electron chi connectivity index (χ3n) is 6.76. The number of ether oxygens (including phenoxy) is 1. The summed E-state index contributed by atoms with van der Waals surface area (Å²) in [6.07, 6.45) is 9.54. The Morgan fingerprint density at radius 3 is 3.06 bits per heavy atom. The average Bonchev–Trinajstić information content (AvgIpc) is 3.15. The lowest BCUT2D eigenvalue weighted by Crippen LogP contribution is -2.34. The van der Waals surface area contributed by atoms with Gasteiger partial charge in [-0.2, -0.15) is 0 Å². The van der Waals surface area contributed by atoms with Crippen LogP contribution in [0.1, 0.15) is 11.7 Å². The number of piperidine rings is 1. The van der Waals surface area contributed by atoms with E-state index in [0.29, 0.717) is 35.8 Å². The second-order valence-corrected chi connectivity index (χ2v) is 9.55. The van der Waals surface area contributed by atoms with Gasteiger partial charge in [0.15, 0.2) is 0 Å². The fraction of sp³-hybridized carbons (Fsp3) is 0.391. The van der Waals surface area contributed by atoms with Gasteiger partial charge in [0.1, 0.15) is 0 Å². The monoisotopic (exact) mass is 450 g/mol. The average molecular weight is 451 g/mol. The van der Waals surface area contributed by atoms with Crippen LogP contribution >= 0.6 is 12.1 Å². The van der Waals surface area contributed by atoms with E-state index in [1.54, 1.807) is 25.4 Å². The zero-order valence-corrected chi connectivity index (χ0v) is 18.6. The molecule has 3 aliphatic heterocycles. The largest absolute Gasteiger partial charge is 0.480 e. The molecule has 4 atom stereocenters. The zero-order valence-electron chi connectivity index (χ0n) is 17.8. The first-order chi connectivity index (χ1) is 15.7. The van der Waals surface area contributed by atoms with E-state index in [-0.39, 0.29) is 0 Å². The normalized spacial score (nSPS) is 26.9. The number of allylic oxidation sites excluding steroid dienone is 1. The summed E-state index contributed by atoms with van der Waals surface area (Å²) in [7, 11) is 1.58. The van der Waals surface area contributed by atoms with Gasteiger partial charge in [0.05, 0.1) is 48.3 Å². The molecule has 9 heteroatoms. The fourth-order valence-corrected chi connectivity index (χ4v) is 5.66. The van der Waals surface area contributed by atoms with Crippen molar-refractivity contribution in [3.8, 4) is 5.88 Å². The van der Waals surface area contributed by atoms with Crippen molar-refractivity contribution in [3.05, 3.63) is 65.8 Å². The van der Waals surface area contributed by atoms with E-state index in [2.05, 4.69) is 47.6 Å². The standard InChI is InChI=1S/C23H26N6O2S/c1-31-21-10-24-19-4-2-3-16(23(19)27-21)20(30)13-28-11-17-18(12-28)22(17)25-8-14-5-6-29-15(7-14)9-26-32-29/h2-7,9-10,17-18,20,22,25-26,30H,8,11-13H2,1H3/t17-,18?,20+,22+/m1/s1. The second-order valence-electron chi connectivity index (χ2n) is 8.74. The van der Waals surface area contributed by atoms with E-state index in [0.717, 1.165) is 30.7 Å². The van der Waals surface area contributed by atoms with Crippen molar-refractivity contribution < 1.29 is 9.84 Å². The summed E-state index contributed by atoms with van der Waals surface area (Å²) in [4.78, 5) is 11.3. The number of benzene rings is 1. The van der Waals surface area contributed by atoms with Crippen molar-refractivity contribution in [1.29, 1.82) is 0 Å². The van der Waals surface area contributed by atoms with Crippen LogP contribution in [0, 0.1) is 11.8 Å². The van der Waals surface area contributed by atoms with Crippen molar-refractivity contribution in [1.82, 2.24) is 29.2 Å². The molecular weight excluding hydrogens is 424 g/mol. The van der Waals surface area contributed by atoms with Crippen LogP contribution in [0.2, 0.25) is 0 Å². The van der Waals surface area contributed by atoms with Gasteiger partial charge in [0.2, 0.25) is 5.88 Å². The highest BCUT2D eigenvalue weighted by Crippen LogP contribution is 2.46. The van der Waals surface area contributed by atoms with E-state index < -0.39 is 6.10 Å². The highest BCUT2D eigenvalue weighted by atomic mass is 32.2. The summed E-state index contributed by atoms with van der Waals surface area (Å²) in [5.74, 6) is 1.80. The molecule has 0 bridgehead atoms. The molecule has 0 spiro atoms. The van der Waals surface area contributed by atoms with Crippen LogP contribution in [-0.4, -0.2) is 63.6 Å². The Labute approximate surface area is 191 Å². The third-order valence-corrected chi connectivity index (χ3v) is 7.51. The van der Waals surface area contributed by atoms with Crippen LogP contribution in [0.25, 0.3) is 11.0 Å². The van der Waals surface area contributed by atoms with Crippen LogP contribution in [0.3, 0.4) is 0 Å². The van der Waals surface area contributed by atoms with Crippen LogP contribution in [0.4, 0.5) is 0 Å². The lowest BCUT2D eigenvalue weighted by molar-refractivity contribution is 0.119. The molecule has 0 radical (unpaired) electrons. The number of hydrogen-bond donors (Lipinski definition) is 3. The van der Waals surface area contributed by atoms with Crippen molar-refractivity contribution in [3.63, 3.8) is 0 Å². The molecule has 1 aliphatic carbocycles. The van der Waals surface area contributed by atoms with Gasteiger partial charge in [0.25, 0.3) is 0 Å². The maximum Gasteiger partial charge on any atom is 0.232 e. The first-order valence-corrected chi connectivity index (χ1v) is 11.7. The van der Waals surface area contributed by atoms with E-state index in [9.17, 15) is 5.11 Å². The van der Waals surface area contributed by atoms with Crippen LogP contribution in [0.15, 0.2) is 60.2 Å². The van der Waals surface area contributed by atoms with E-state index in [1.807, 2.05) is 24.4 Å². The van der Waals surface area contributed by atoms with Crippen molar-refractivity contribution in [2.45, 2.75) is 12.1 Å². The molecule has 3 N–H and O–H groups in total. The number of rotatable bonds is 7. The van der Waals surface area contributed by atoms with Gasteiger partial charge in [-0.05, 0) is 35.6 Å². The molecule has 1 saturated carbocycles. The molecule has 2 aromatic rings. The molecule has 8 nitrogen and oxygen atoms in total. The zero-order chi connectivity index (χ0) is 21.7. The molecule has 1 aromatic carbocycles. The number of fused-ring (bicyclic) bond motifs is 3. The highest BCUT2D eigenvalue weighted by molar-refractivity contribution is 7.95. The molecule has 1 aromatic heterocycles. The van der Waals surface area contributed by atoms with Gasteiger partial charge in [-0.3, -0.25) is 9.21 Å². The quantitative estimate of drug-likeness (QED) is 0.548. The predicted molar refractivity (Wildman–Crippen MR) is 124 cm³/mol. The van der Waals surface area contributed by atoms with Gasteiger partial charge >= 0.3 is 0 Å². The molecule has 1 saturated heterocycles. The minimum absolute atomic E-state index is 0.461. The summed E-state index contributed by atoms with van der Waals surface area (Å²) < 4.78 is 10.5. The molecule has 0 amide bonds. The number of aliphatic hydroxyl groups is 1. The van der Waals surface area contributed by atoms with E-state index in [1.165, 1.54) is 11.3 Å².